The highest BCUT2D eigenvalue weighted by Crippen LogP contribution is 2.52. The summed E-state index contributed by atoms with van der Waals surface area (Å²) in [4.78, 5) is 0. The third-order valence-electron chi connectivity index (χ3n) is 4.51. The Balaban J connectivity index is 1.71. The fourth-order valence-corrected chi connectivity index (χ4v) is 4.68. The van der Waals surface area contributed by atoms with Gasteiger partial charge in [0.25, 0.3) is 0 Å². The van der Waals surface area contributed by atoms with E-state index in [1.807, 2.05) is 0 Å². The van der Waals surface area contributed by atoms with Crippen LogP contribution in [-0.4, -0.2) is 11.7 Å². The molecule has 2 aliphatic carbocycles. The van der Waals surface area contributed by atoms with Gasteiger partial charge in [-0.3, -0.25) is 0 Å². The second kappa shape index (κ2) is 6.56. The third-order valence-corrected chi connectivity index (χ3v) is 6.27. The summed E-state index contributed by atoms with van der Waals surface area (Å²) in [6.45, 7) is 2.25. The van der Waals surface area contributed by atoms with Crippen LogP contribution in [-0.2, 0) is 9.05 Å². The molecule has 0 bridgehead atoms. The van der Waals surface area contributed by atoms with Crippen molar-refractivity contribution in [3.63, 3.8) is 0 Å². The van der Waals surface area contributed by atoms with Crippen molar-refractivity contribution in [2.24, 2.45) is 0 Å². The van der Waals surface area contributed by atoms with Crippen molar-refractivity contribution in [1.29, 1.82) is 0 Å². The molecule has 1 aromatic carbocycles. The minimum Gasteiger partial charge on any atom is -0.327 e. The summed E-state index contributed by atoms with van der Waals surface area (Å²) in [6.07, 6.45) is 10.2. The van der Waals surface area contributed by atoms with E-state index in [9.17, 15) is 0 Å². The van der Waals surface area contributed by atoms with Gasteiger partial charge in [0.2, 0.25) is 8.38 Å². The summed E-state index contributed by atoms with van der Waals surface area (Å²) < 4.78 is 12.8. The van der Waals surface area contributed by atoms with Crippen LogP contribution in [0.25, 0.3) is 0 Å². The van der Waals surface area contributed by atoms with Gasteiger partial charge in [0, 0.05) is 5.30 Å². The minimum absolute atomic E-state index is 0.111. The molecular weight excluding hydrogens is 267 g/mol. The number of hydrogen-bond acceptors (Lipinski definition) is 2. The molecule has 110 valence electrons. The highest BCUT2D eigenvalue weighted by molar-refractivity contribution is 7.56. The van der Waals surface area contributed by atoms with Crippen molar-refractivity contribution in [2.75, 3.05) is 0 Å². The molecular formula is C17H25O2P. The maximum Gasteiger partial charge on any atom is 0.205 e. The molecule has 2 aliphatic rings. The van der Waals surface area contributed by atoms with Crippen molar-refractivity contribution < 1.29 is 9.05 Å². The average Bonchev–Trinajstić information content (AvgIpc) is 2.39. The normalized spacial score (nSPS) is 22.9. The number of benzene rings is 1. The van der Waals surface area contributed by atoms with E-state index in [0.29, 0.717) is 6.10 Å². The van der Waals surface area contributed by atoms with Crippen LogP contribution in [0, 0.1) is 0 Å². The molecule has 0 spiro atoms. The summed E-state index contributed by atoms with van der Waals surface area (Å²) in [7, 11) is -0.904. The van der Waals surface area contributed by atoms with E-state index in [4.69, 9.17) is 9.05 Å². The first kappa shape index (κ1) is 14.5. The van der Waals surface area contributed by atoms with Gasteiger partial charge in [-0.2, -0.15) is 0 Å². The van der Waals surface area contributed by atoms with Gasteiger partial charge in [-0.05, 0) is 57.1 Å². The molecule has 3 heteroatoms. The molecule has 2 fully saturated rings. The Morgan fingerprint density at radius 1 is 1.15 bits per heavy atom. The summed E-state index contributed by atoms with van der Waals surface area (Å²) in [5, 5.41) is 1.23. The van der Waals surface area contributed by atoms with Crippen LogP contribution in [0.1, 0.15) is 58.3 Å². The summed E-state index contributed by atoms with van der Waals surface area (Å²) >= 11 is 0. The molecule has 0 amide bonds. The lowest BCUT2D eigenvalue weighted by Gasteiger charge is -2.44. The molecule has 20 heavy (non-hydrogen) atoms. The molecule has 0 saturated heterocycles. The fraction of sp³-hybridized carbons (Fsp3) is 0.647. The highest BCUT2D eigenvalue weighted by atomic mass is 31.2. The number of rotatable bonds is 7. The predicted molar refractivity (Wildman–Crippen MR) is 84.3 cm³/mol. The van der Waals surface area contributed by atoms with E-state index in [1.54, 1.807) is 0 Å². The Morgan fingerprint density at radius 3 is 2.40 bits per heavy atom. The summed E-state index contributed by atoms with van der Waals surface area (Å²) in [6, 6.07) is 10.5. The van der Waals surface area contributed by atoms with Gasteiger partial charge in [-0.15, -0.1) is 0 Å². The second-order valence-electron chi connectivity index (χ2n) is 6.13. The molecule has 3 rings (SSSR count). The lowest BCUT2D eigenvalue weighted by molar-refractivity contribution is -0.0235. The van der Waals surface area contributed by atoms with Gasteiger partial charge in [0.1, 0.15) is 0 Å². The molecule has 0 aromatic heterocycles. The van der Waals surface area contributed by atoms with Crippen molar-refractivity contribution in [3.8, 4) is 0 Å². The molecule has 2 saturated carbocycles. The quantitative estimate of drug-likeness (QED) is 0.663. The Hall–Kier alpha value is -0.430. The summed E-state index contributed by atoms with van der Waals surface area (Å²) in [5.41, 5.74) is 0.111. The standard InChI is InChI=1S/C17H25O2P/c1-2-12-17(13-7-14-17)19-20(18-15-8-6-9-15)16-10-4-3-5-11-16/h3-5,10-11,15H,2,6-9,12-14H2,1H3. The van der Waals surface area contributed by atoms with E-state index in [1.165, 1.54) is 56.7 Å². The van der Waals surface area contributed by atoms with Crippen LogP contribution < -0.4 is 5.30 Å². The number of hydrogen-bond donors (Lipinski definition) is 0. The van der Waals surface area contributed by atoms with Gasteiger partial charge in [-0.1, -0.05) is 31.5 Å². The predicted octanol–water partition coefficient (Wildman–Crippen LogP) is 4.93. The molecule has 2 nitrogen and oxygen atoms in total. The molecule has 0 aliphatic heterocycles. The SMILES string of the molecule is CCCC1(OP(OC2CCC2)c2ccccc2)CCC1. The molecule has 1 aromatic rings. The van der Waals surface area contributed by atoms with Crippen LogP contribution in [0.15, 0.2) is 30.3 Å². The lowest BCUT2D eigenvalue weighted by Crippen LogP contribution is -2.40. The molecule has 1 unspecified atom stereocenters. The zero-order valence-electron chi connectivity index (χ0n) is 12.4. The minimum atomic E-state index is -0.904. The zero-order chi connectivity index (χ0) is 13.8. The van der Waals surface area contributed by atoms with Gasteiger partial charge >= 0.3 is 0 Å². The van der Waals surface area contributed by atoms with Crippen molar-refractivity contribution in [1.82, 2.24) is 0 Å². The fourth-order valence-electron chi connectivity index (χ4n) is 2.89. The first-order valence-electron chi connectivity index (χ1n) is 8.02. The molecule has 1 atom stereocenters. The maximum atomic E-state index is 6.55. The van der Waals surface area contributed by atoms with Gasteiger partial charge < -0.3 is 9.05 Å². The first-order valence-corrected chi connectivity index (χ1v) is 9.20. The van der Waals surface area contributed by atoms with Gasteiger partial charge in [0.15, 0.2) is 0 Å². The van der Waals surface area contributed by atoms with E-state index >= 15 is 0 Å². The maximum absolute atomic E-state index is 6.55. The van der Waals surface area contributed by atoms with Crippen molar-refractivity contribution in [2.45, 2.75) is 70.0 Å². The van der Waals surface area contributed by atoms with Crippen LogP contribution in [0.4, 0.5) is 0 Å². The Morgan fingerprint density at radius 2 is 1.90 bits per heavy atom. The Bertz CT molecular complexity index is 412. The van der Waals surface area contributed by atoms with Crippen LogP contribution in [0.2, 0.25) is 0 Å². The lowest BCUT2D eigenvalue weighted by atomic mass is 9.77. The topological polar surface area (TPSA) is 18.5 Å². The van der Waals surface area contributed by atoms with E-state index in [0.717, 1.165) is 0 Å². The van der Waals surface area contributed by atoms with Crippen LogP contribution >= 0.6 is 8.38 Å². The first-order chi connectivity index (χ1) is 9.81. The highest BCUT2D eigenvalue weighted by Gasteiger charge is 2.41. The Labute approximate surface area is 123 Å². The molecule has 0 radical (unpaired) electrons. The van der Waals surface area contributed by atoms with Crippen molar-refractivity contribution >= 4 is 13.7 Å². The monoisotopic (exact) mass is 292 g/mol. The zero-order valence-corrected chi connectivity index (χ0v) is 13.3. The largest absolute Gasteiger partial charge is 0.327 e. The van der Waals surface area contributed by atoms with Crippen molar-refractivity contribution in [3.05, 3.63) is 30.3 Å². The van der Waals surface area contributed by atoms with Gasteiger partial charge in [-0.25, -0.2) is 0 Å². The molecule has 0 N–H and O–H groups in total. The van der Waals surface area contributed by atoms with E-state index in [-0.39, 0.29) is 5.60 Å². The third kappa shape index (κ3) is 3.24. The smallest absolute Gasteiger partial charge is 0.205 e. The Kier molecular flexibility index (Phi) is 4.75. The van der Waals surface area contributed by atoms with Gasteiger partial charge in [0.05, 0.1) is 11.7 Å². The second-order valence-corrected chi connectivity index (χ2v) is 7.55. The average molecular weight is 292 g/mol. The van der Waals surface area contributed by atoms with E-state index < -0.39 is 8.38 Å². The van der Waals surface area contributed by atoms with E-state index in [2.05, 4.69) is 37.3 Å². The van der Waals surface area contributed by atoms with Crippen LogP contribution in [0.5, 0.6) is 0 Å². The summed E-state index contributed by atoms with van der Waals surface area (Å²) in [5.74, 6) is 0. The molecule has 0 heterocycles. The van der Waals surface area contributed by atoms with Crippen LogP contribution in [0.3, 0.4) is 0 Å².